The fraction of sp³-hybridized carbons (Fsp3) is 0.667. The van der Waals surface area contributed by atoms with Gasteiger partial charge < -0.3 is 0 Å². The molecular formula is C18H25FN2. The molecule has 1 aromatic carbocycles. The summed E-state index contributed by atoms with van der Waals surface area (Å²) in [5, 5.41) is 0. The molecule has 3 unspecified atom stereocenters. The maximum Gasteiger partial charge on any atom is 0.128 e. The van der Waals surface area contributed by atoms with Gasteiger partial charge in [0.1, 0.15) is 5.82 Å². The van der Waals surface area contributed by atoms with E-state index in [0.29, 0.717) is 5.41 Å². The second-order valence-electron chi connectivity index (χ2n) is 8.26. The Labute approximate surface area is 126 Å². The van der Waals surface area contributed by atoms with Gasteiger partial charge in [0, 0.05) is 5.56 Å². The molecule has 0 radical (unpaired) electrons. The Bertz CT molecular complexity index is 542. The van der Waals surface area contributed by atoms with Crippen LogP contribution >= 0.6 is 0 Å². The molecule has 0 heterocycles. The van der Waals surface area contributed by atoms with Crippen LogP contribution in [0.3, 0.4) is 0 Å². The van der Waals surface area contributed by atoms with E-state index in [1.165, 1.54) is 38.5 Å². The maximum absolute atomic E-state index is 14.3. The molecule has 4 aliphatic rings. The minimum atomic E-state index is -0.124. The minimum Gasteiger partial charge on any atom is -0.271 e. The molecule has 0 aromatic heterocycles. The molecule has 4 aliphatic carbocycles. The van der Waals surface area contributed by atoms with Gasteiger partial charge in [0.15, 0.2) is 0 Å². The van der Waals surface area contributed by atoms with Gasteiger partial charge in [-0.15, -0.1) is 0 Å². The molecule has 114 valence electrons. The first-order valence-electron chi connectivity index (χ1n) is 8.24. The number of nitrogens with two attached hydrogens (primary N) is 1. The van der Waals surface area contributed by atoms with Gasteiger partial charge in [-0.1, -0.05) is 25.1 Å². The first-order chi connectivity index (χ1) is 10.0. The van der Waals surface area contributed by atoms with Gasteiger partial charge in [-0.25, -0.2) is 4.39 Å². The monoisotopic (exact) mass is 288 g/mol. The molecule has 0 spiro atoms. The van der Waals surface area contributed by atoms with E-state index < -0.39 is 0 Å². The molecule has 0 amide bonds. The second-order valence-corrected chi connectivity index (χ2v) is 8.26. The Kier molecular flexibility index (Phi) is 2.96. The molecule has 3 atom stereocenters. The Hall–Kier alpha value is -0.930. The summed E-state index contributed by atoms with van der Waals surface area (Å²) in [5.74, 6) is 7.43. The Morgan fingerprint density at radius 1 is 1.19 bits per heavy atom. The van der Waals surface area contributed by atoms with Crippen molar-refractivity contribution in [3.8, 4) is 0 Å². The quantitative estimate of drug-likeness (QED) is 0.653. The highest BCUT2D eigenvalue weighted by atomic mass is 19.1. The van der Waals surface area contributed by atoms with Crippen molar-refractivity contribution in [3.05, 3.63) is 35.6 Å². The zero-order valence-corrected chi connectivity index (χ0v) is 12.7. The molecule has 5 rings (SSSR count). The molecular weight excluding hydrogens is 263 g/mol. The predicted molar refractivity (Wildman–Crippen MR) is 81.7 cm³/mol. The summed E-state index contributed by atoms with van der Waals surface area (Å²) in [6.07, 6.45) is 7.71. The summed E-state index contributed by atoms with van der Waals surface area (Å²) in [5.41, 5.74) is 4.35. The normalized spacial score (nSPS) is 42.2. The molecule has 4 fully saturated rings. The summed E-state index contributed by atoms with van der Waals surface area (Å²) >= 11 is 0. The van der Waals surface area contributed by atoms with E-state index in [1.807, 2.05) is 12.1 Å². The molecule has 0 saturated heterocycles. The summed E-state index contributed by atoms with van der Waals surface area (Å²) in [7, 11) is 0. The lowest BCUT2D eigenvalue weighted by Gasteiger charge is -2.63. The predicted octanol–water partition coefficient (Wildman–Crippen LogP) is 3.94. The van der Waals surface area contributed by atoms with Crippen LogP contribution in [-0.4, -0.2) is 0 Å². The van der Waals surface area contributed by atoms with E-state index in [1.54, 1.807) is 12.1 Å². The lowest BCUT2D eigenvalue weighted by molar-refractivity contribution is -0.119. The van der Waals surface area contributed by atoms with E-state index in [4.69, 9.17) is 5.84 Å². The molecule has 3 N–H and O–H groups in total. The van der Waals surface area contributed by atoms with Gasteiger partial charge in [0.2, 0.25) is 0 Å². The highest BCUT2D eigenvalue weighted by Gasteiger charge is 2.58. The number of hydrazine groups is 1. The minimum absolute atomic E-state index is 0.0519. The fourth-order valence-electron chi connectivity index (χ4n) is 6.44. The highest BCUT2D eigenvalue weighted by Crippen LogP contribution is 2.68. The number of rotatable bonds is 3. The van der Waals surface area contributed by atoms with E-state index in [-0.39, 0.29) is 17.3 Å². The molecule has 4 saturated carbocycles. The van der Waals surface area contributed by atoms with Crippen LogP contribution in [0.4, 0.5) is 4.39 Å². The number of hydrogen-bond acceptors (Lipinski definition) is 2. The lowest BCUT2D eigenvalue weighted by Crippen LogP contribution is -2.56. The zero-order chi connectivity index (χ0) is 14.7. The van der Waals surface area contributed by atoms with Crippen molar-refractivity contribution in [2.45, 2.75) is 51.5 Å². The van der Waals surface area contributed by atoms with Crippen molar-refractivity contribution in [1.82, 2.24) is 5.43 Å². The fourth-order valence-corrected chi connectivity index (χ4v) is 6.44. The molecule has 2 nitrogen and oxygen atoms in total. The standard InChI is InChI=1S/C18H25FN2/c1-17-7-12-6-13(8-17)10-18(9-12,11-17)16(21-20)14-4-2-3-5-15(14)19/h2-5,12-13,16,21H,6-11,20H2,1H3. The lowest BCUT2D eigenvalue weighted by atomic mass is 9.43. The Balaban J connectivity index is 1.75. The first-order valence-corrected chi connectivity index (χ1v) is 8.24. The number of nitrogens with one attached hydrogen (secondary N) is 1. The van der Waals surface area contributed by atoms with Gasteiger partial charge in [0.05, 0.1) is 6.04 Å². The average molecular weight is 288 g/mol. The summed E-state index contributed by atoms with van der Waals surface area (Å²) in [4.78, 5) is 0. The average Bonchev–Trinajstić information content (AvgIpc) is 2.38. The molecule has 0 aliphatic heterocycles. The SMILES string of the molecule is CC12CC3CC(C1)CC(C(NN)c1ccccc1F)(C3)C2. The van der Waals surface area contributed by atoms with Crippen LogP contribution in [0.15, 0.2) is 24.3 Å². The van der Waals surface area contributed by atoms with Crippen molar-refractivity contribution >= 4 is 0 Å². The van der Waals surface area contributed by atoms with Crippen LogP contribution in [-0.2, 0) is 0 Å². The van der Waals surface area contributed by atoms with Crippen LogP contribution < -0.4 is 11.3 Å². The maximum atomic E-state index is 14.3. The number of benzene rings is 1. The summed E-state index contributed by atoms with van der Waals surface area (Å²) in [6, 6.07) is 7.09. The molecule has 21 heavy (non-hydrogen) atoms. The van der Waals surface area contributed by atoms with Crippen molar-refractivity contribution in [1.29, 1.82) is 0 Å². The number of halogens is 1. The molecule has 3 heteroatoms. The largest absolute Gasteiger partial charge is 0.271 e. The van der Waals surface area contributed by atoms with Crippen molar-refractivity contribution in [2.24, 2.45) is 28.5 Å². The van der Waals surface area contributed by atoms with Crippen LogP contribution in [0, 0.1) is 28.5 Å². The van der Waals surface area contributed by atoms with Gasteiger partial charge in [0.25, 0.3) is 0 Å². The third-order valence-corrected chi connectivity index (χ3v) is 6.39. The van der Waals surface area contributed by atoms with E-state index >= 15 is 0 Å². The second kappa shape index (κ2) is 4.53. The van der Waals surface area contributed by atoms with E-state index in [9.17, 15) is 4.39 Å². The number of hydrogen-bond donors (Lipinski definition) is 2. The van der Waals surface area contributed by atoms with Gasteiger partial charge in [-0.05, 0) is 67.3 Å². The van der Waals surface area contributed by atoms with E-state index in [2.05, 4.69) is 12.3 Å². The molecule has 4 bridgehead atoms. The van der Waals surface area contributed by atoms with Crippen LogP contribution in [0.2, 0.25) is 0 Å². The van der Waals surface area contributed by atoms with Crippen LogP contribution in [0.5, 0.6) is 0 Å². The first kappa shape index (κ1) is 13.7. The van der Waals surface area contributed by atoms with Crippen molar-refractivity contribution in [2.75, 3.05) is 0 Å². The van der Waals surface area contributed by atoms with Crippen LogP contribution in [0.1, 0.15) is 57.1 Å². The Morgan fingerprint density at radius 2 is 1.86 bits per heavy atom. The Morgan fingerprint density at radius 3 is 2.43 bits per heavy atom. The van der Waals surface area contributed by atoms with Crippen LogP contribution in [0.25, 0.3) is 0 Å². The summed E-state index contributed by atoms with van der Waals surface area (Å²) in [6.45, 7) is 2.44. The molecule has 1 aromatic rings. The third-order valence-electron chi connectivity index (χ3n) is 6.39. The highest BCUT2D eigenvalue weighted by molar-refractivity contribution is 5.25. The van der Waals surface area contributed by atoms with Crippen molar-refractivity contribution in [3.63, 3.8) is 0 Å². The van der Waals surface area contributed by atoms with Gasteiger partial charge in [-0.3, -0.25) is 11.3 Å². The third kappa shape index (κ3) is 2.05. The zero-order valence-electron chi connectivity index (χ0n) is 12.7. The van der Waals surface area contributed by atoms with E-state index in [0.717, 1.165) is 17.4 Å². The van der Waals surface area contributed by atoms with Gasteiger partial charge >= 0.3 is 0 Å². The van der Waals surface area contributed by atoms with Crippen molar-refractivity contribution < 1.29 is 4.39 Å². The smallest absolute Gasteiger partial charge is 0.128 e. The topological polar surface area (TPSA) is 38.0 Å². The summed E-state index contributed by atoms with van der Waals surface area (Å²) < 4.78 is 14.3. The van der Waals surface area contributed by atoms with Gasteiger partial charge in [-0.2, -0.15) is 0 Å².